The minimum absolute atomic E-state index is 0.0566. The van der Waals surface area contributed by atoms with Gasteiger partial charge in [-0.05, 0) is 43.6 Å². The molecule has 28 heavy (non-hydrogen) atoms. The van der Waals surface area contributed by atoms with Crippen molar-refractivity contribution < 1.29 is 14.7 Å². The minimum Gasteiger partial charge on any atom is -0.476 e. The lowest BCUT2D eigenvalue weighted by Crippen LogP contribution is -2.38. The van der Waals surface area contributed by atoms with Crippen LogP contribution in [0.15, 0.2) is 24.5 Å². The van der Waals surface area contributed by atoms with Gasteiger partial charge in [0.1, 0.15) is 0 Å². The number of amides is 1. The molecule has 1 fully saturated rings. The van der Waals surface area contributed by atoms with Crippen LogP contribution in [0.3, 0.4) is 0 Å². The van der Waals surface area contributed by atoms with E-state index in [0.717, 1.165) is 30.9 Å². The summed E-state index contributed by atoms with van der Waals surface area (Å²) < 4.78 is 1.76. The van der Waals surface area contributed by atoms with E-state index in [-0.39, 0.29) is 11.6 Å². The molecule has 2 aliphatic heterocycles. The SMILES string of the molecule is O=C(O)c1nn(Cc2ccncc2)c2c1CN(C(=O)CCN1CCCC1)CC2. The van der Waals surface area contributed by atoms with Crippen molar-refractivity contribution in [2.45, 2.75) is 38.8 Å². The molecule has 0 unspecified atom stereocenters. The Morgan fingerprint density at radius 2 is 1.86 bits per heavy atom. The maximum absolute atomic E-state index is 12.7. The lowest BCUT2D eigenvalue weighted by atomic mass is 10.0. The molecule has 8 heteroatoms. The molecule has 0 radical (unpaired) electrons. The van der Waals surface area contributed by atoms with Crippen LogP contribution in [-0.2, 0) is 24.3 Å². The standard InChI is InChI=1S/C20H25N5O3/c26-18(6-11-23-9-1-2-10-23)24-12-5-17-16(14-24)19(20(27)28)22-25(17)13-15-3-7-21-8-4-15/h3-4,7-8H,1-2,5-6,9-14H2,(H,27,28). The van der Waals surface area contributed by atoms with Crippen molar-refractivity contribution >= 4 is 11.9 Å². The molecule has 0 aliphatic carbocycles. The number of fused-ring (bicyclic) bond motifs is 1. The van der Waals surface area contributed by atoms with Gasteiger partial charge in [-0.1, -0.05) is 0 Å². The van der Waals surface area contributed by atoms with Crippen molar-refractivity contribution in [1.29, 1.82) is 0 Å². The Bertz CT molecular complexity index is 858. The Balaban J connectivity index is 1.49. The highest BCUT2D eigenvalue weighted by Crippen LogP contribution is 2.24. The molecule has 2 aliphatic rings. The maximum Gasteiger partial charge on any atom is 0.356 e. The molecule has 1 N–H and O–H groups in total. The molecule has 1 saturated heterocycles. The number of rotatable bonds is 6. The Kier molecular flexibility index (Phi) is 5.38. The molecule has 2 aromatic heterocycles. The first-order chi connectivity index (χ1) is 13.6. The number of carbonyl (C=O) groups excluding carboxylic acids is 1. The Morgan fingerprint density at radius 1 is 1.11 bits per heavy atom. The number of aromatic nitrogens is 3. The Hall–Kier alpha value is -2.74. The van der Waals surface area contributed by atoms with Gasteiger partial charge in [-0.3, -0.25) is 14.5 Å². The highest BCUT2D eigenvalue weighted by molar-refractivity contribution is 5.88. The molecule has 148 valence electrons. The van der Waals surface area contributed by atoms with E-state index in [1.165, 1.54) is 12.8 Å². The van der Waals surface area contributed by atoms with Gasteiger partial charge in [-0.25, -0.2) is 4.79 Å². The number of carboxylic acid groups (broad SMARTS) is 1. The topological polar surface area (TPSA) is 91.6 Å². The van der Waals surface area contributed by atoms with E-state index in [0.29, 0.717) is 38.0 Å². The van der Waals surface area contributed by atoms with Gasteiger partial charge in [0.15, 0.2) is 5.69 Å². The minimum atomic E-state index is -1.05. The number of carboxylic acids is 1. The highest BCUT2D eigenvalue weighted by atomic mass is 16.4. The van der Waals surface area contributed by atoms with Crippen molar-refractivity contribution in [2.24, 2.45) is 0 Å². The molecular weight excluding hydrogens is 358 g/mol. The molecule has 0 atom stereocenters. The van der Waals surface area contributed by atoms with Crippen molar-refractivity contribution in [3.05, 3.63) is 47.0 Å². The molecule has 0 bridgehead atoms. The summed E-state index contributed by atoms with van der Waals surface area (Å²) in [4.78, 5) is 32.5. The van der Waals surface area contributed by atoms with Crippen molar-refractivity contribution in [3.63, 3.8) is 0 Å². The number of aromatic carboxylic acids is 1. The van der Waals surface area contributed by atoms with Gasteiger partial charge >= 0.3 is 5.97 Å². The second-order valence-corrected chi connectivity index (χ2v) is 7.46. The molecular formula is C20H25N5O3. The summed E-state index contributed by atoms with van der Waals surface area (Å²) in [5.41, 5.74) is 2.66. The van der Waals surface area contributed by atoms with Gasteiger partial charge in [-0.15, -0.1) is 0 Å². The molecule has 2 aromatic rings. The zero-order chi connectivity index (χ0) is 19.5. The average molecular weight is 383 g/mol. The number of nitrogens with zero attached hydrogens (tertiary/aromatic N) is 5. The average Bonchev–Trinajstić information content (AvgIpc) is 3.35. The van der Waals surface area contributed by atoms with Crippen LogP contribution >= 0.6 is 0 Å². The quantitative estimate of drug-likeness (QED) is 0.811. The Morgan fingerprint density at radius 3 is 2.57 bits per heavy atom. The van der Waals surface area contributed by atoms with Crippen molar-refractivity contribution in [1.82, 2.24) is 24.6 Å². The fourth-order valence-electron chi connectivity index (χ4n) is 4.09. The third-order valence-corrected chi connectivity index (χ3v) is 5.61. The van der Waals surface area contributed by atoms with Crippen molar-refractivity contribution in [3.8, 4) is 0 Å². The molecule has 0 aromatic carbocycles. The van der Waals surface area contributed by atoms with E-state index < -0.39 is 5.97 Å². The Labute approximate surface area is 163 Å². The summed E-state index contributed by atoms with van der Waals surface area (Å²) in [5.74, 6) is -0.952. The largest absolute Gasteiger partial charge is 0.476 e. The molecule has 0 spiro atoms. The first kappa shape index (κ1) is 18.6. The number of pyridine rings is 1. The summed E-state index contributed by atoms with van der Waals surface area (Å²) in [6.07, 6.45) is 6.95. The van der Waals surface area contributed by atoms with Crippen LogP contribution in [0.4, 0.5) is 0 Å². The van der Waals surface area contributed by atoms with Gasteiger partial charge in [-0.2, -0.15) is 5.10 Å². The first-order valence-corrected chi connectivity index (χ1v) is 9.82. The normalized spacial score (nSPS) is 16.9. The third kappa shape index (κ3) is 3.91. The van der Waals surface area contributed by atoms with E-state index in [4.69, 9.17) is 0 Å². The second-order valence-electron chi connectivity index (χ2n) is 7.46. The van der Waals surface area contributed by atoms with Gasteiger partial charge in [0, 0.05) is 56.1 Å². The number of hydrogen-bond donors (Lipinski definition) is 1. The van der Waals surface area contributed by atoms with E-state index in [1.54, 1.807) is 22.0 Å². The zero-order valence-electron chi connectivity index (χ0n) is 15.9. The molecule has 4 rings (SSSR count). The van der Waals surface area contributed by atoms with Crippen LogP contribution in [0.25, 0.3) is 0 Å². The lowest BCUT2D eigenvalue weighted by Gasteiger charge is -2.28. The summed E-state index contributed by atoms with van der Waals surface area (Å²) in [6.45, 7) is 4.36. The summed E-state index contributed by atoms with van der Waals surface area (Å²) in [5, 5.41) is 13.9. The van der Waals surface area contributed by atoms with Gasteiger partial charge < -0.3 is 14.9 Å². The van der Waals surface area contributed by atoms with E-state index in [2.05, 4.69) is 15.0 Å². The van der Waals surface area contributed by atoms with Gasteiger partial charge in [0.25, 0.3) is 0 Å². The van der Waals surface area contributed by atoms with Gasteiger partial charge in [0.2, 0.25) is 5.91 Å². The molecule has 8 nitrogen and oxygen atoms in total. The highest BCUT2D eigenvalue weighted by Gasteiger charge is 2.30. The van der Waals surface area contributed by atoms with Crippen LogP contribution in [0.1, 0.15) is 46.6 Å². The monoisotopic (exact) mass is 383 g/mol. The lowest BCUT2D eigenvalue weighted by molar-refractivity contribution is -0.132. The van der Waals surface area contributed by atoms with E-state index in [1.807, 2.05) is 12.1 Å². The second kappa shape index (κ2) is 8.10. The van der Waals surface area contributed by atoms with Crippen LogP contribution in [0.5, 0.6) is 0 Å². The van der Waals surface area contributed by atoms with Gasteiger partial charge in [0.05, 0.1) is 6.54 Å². The van der Waals surface area contributed by atoms with Crippen LogP contribution in [0.2, 0.25) is 0 Å². The third-order valence-electron chi connectivity index (χ3n) is 5.61. The van der Waals surface area contributed by atoms with Crippen LogP contribution in [-0.4, -0.2) is 67.7 Å². The summed E-state index contributed by atoms with van der Waals surface area (Å²) in [7, 11) is 0. The summed E-state index contributed by atoms with van der Waals surface area (Å²) >= 11 is 0. The number of carbonyl (C=O) groups is 2. The summed E-state index contributed by atoms with van der Waals surface area (Å²) in [6, 6.07) is 3.79. The fraction of sp³-hybridized carbons (Fsp3) is 0.500. The molecule has 1 amide bonds. The predicted molar refractivity (Wildman–Crippen MR) is 102 cm³/mol. The smallest absolute Gasteiger partial charge is 0.356 e. The first-order valence-electron chi connectivity index (χ1n) is 9.82. The maximum atomic E-state index is 12.7. The van der Waals surface area contributed by atoms with E-state index in [9.17, 15) is 14.7 Å². The molecule has 4 heterocycles. The molecule has 0 saturated carbocycles. The van der Waals surface area contributed by atoms with E-state index >= 15 is 0 Å². The fourth-order valence-corrected chi connectivity index (χ4v) is 4.09. The van der Waals surface area contributed by atoms with Crippen molar-refractivity contribution in [2.75, 3.05) is 26.2 Å². The predicted octanol–water partition coefficient (Wildman–Crippen LogP) is 1.40. The van der Waals surface area contributed by atoms with Crippen LogP contribution < -0.4 is 0 Å². The van der Waals surface area contributed by atoms with Crippen LogP contribution in [0, 0.1) is 0 Å². The zero-order valence-corrected chi connectivity index (χ0v) is 15.9. The number of likely N-dealkylation sites (tertiary alicyclic amines) is 1. The number of hydrogen-bond acceptors (Lipinski definition) is 5.